The average molecular weight is 539 g/mol. The molecule has 1 aromatic carbocycles. The molecular weight excluding hydrogens is 509 g/mol. The van der Waals surface area contributed by atoms with Gasteiger partial charge in [-0.25, -0.2) is 0 Å². The lowest BCUT2D eigenvalue weighted by Crippen LogP contribution is -2.45. The smallest absolute Gasteiger partial charge is 0.415 e. The molecule has 0 radical (unpaired) electrons. The third kappa shape index (κ3) is 6.22. The molecule has 0 unspecified atom stereocenters. The normalized spacial score (nSPS) is 17.4. The Morgan fingerprint density at radius 1 is 1.20 bits per heavy atom. The number of carbonyl (C=O) groups excluding carboxylic acids is 1. The van der Waals surface area contributed by atoms with Gasteiger partial charge in [0.15, 0.2) is 8.32 Å². The molecule has 35 heavy (non-hydrogen) atoms. The molecule has 0 aromatic heterocycles. The molecule has 0 saturated carbocycles. The summed E-state index contributed by atoms with van der Waals surface area (Å²) < 4.78 is 72.0. The number of hydrogen-bond donors (Lipinski definition) is 0. The zero-order valence-corrected chi connectivity index (χ0v) is 22.3. The van der Waals surface area contributed by atoms with Gasteiger partial charge in [0.25, 0.3) is 11.6 Å². The largest absolute Gasteiger partial charge is 0.534 e. The highest BCUT2D eigenvalue weighted by Gasteiger charge is 2.50. The fourth-order valence-corrected chi connectivity index (χ4v) is 4.56. The summed E-state index contributed by atoms with van der Waals surface area (Å²) in [6.07, 6.45) is 0.457. The summed E-state index contributed by atoms with van der Waals surface area (Å²) in [5, 5.41) is 11.4. The first-order chi connectivity index (χ1) is 15.7. The Morgan fingerprint density at radius 3 is 2.23 bits per heavy atom. The van der Waals surface area contributed by atoms with E-state index in [0.29, 0.717) is 11.1 Å². The van der Waals surface area contributed by atoms with Crippen LogP contribution in [-0.2, 0) is 18.7 Å². The molecule has 2 rings (SSSR count). The Kier molecular flexibility index (Phi) is 7.85. The third-order valence-corrected chi connectivity index (χ3v) is 11.8. The predicted octanol–water partition coefficient (Wildman–Crippen LogP) is 5.16. The van der Waals surface area contributed by atoms with Crippen LogP contribution in [0.1, 0.15) is 48.7 Å². The summed E-state index contributed by atoms with van der Waals surface area (Å²) in [5.41, 5.74) is -5.26. The van der Waals surface area contributed by atoms with Crippen molar-refractivity contribution < 1.29 is 39.9 Å². The summed E-state index contributed by atoms with van der Waals surface area (Å²) in [5.74, 6) is -1.50. The summed E-state index contributed by atoms with van der Waals surface area (Å²) >= 11 is 0. The van der Waals surface area contributed by atoms with Gasteiger partial charge < -0.3 is 13.5 Å². The number of rotatable bonds is 7. The molecule has 196 valence electrons. The molecule has 1 heterocycles. The zero-order chi connectivity index (χ0) is 27.1. The van der Waals surface area contributed by atoms with Crippen molar-refractivity contribution in [2.45, 2.75) is 70.7 Å². The zero-order valence-electron chi connectivity index (χ0n) is 20.5. The Morgan fingerprint density at radius 2 is 1.74 bits per heavy atom. The topological polar surface area (TPSA) is 116 Å². The third-order valence-electron chi connectivity index (χ3n) is 6.33. The van der Waals surface area contributed by atoms with Gasteiger partial charge >= 0.3 is 15.6 Å². The summed E-state index contributed by atoms with van der Waals surface area (Å²) in [4.78, 5) is 25.2. The van der Waals surface area contributed by atoms with E-state index in [1.165, 1.54) is 12.1 Å². The Labute approximate surface area is 203 Å². The van der Waals surface area contributed by atoms with Gasteiger partial charge in [-0.2, -0.15) is 21.6 Å². The van der Waals surface area contributed by atoms with Crippen molar-refractivity contribution in [3.8, 4) is 0 Å². The van der Waals surface area contributed by atoms with Crippen molar-refractivity contribution in [1.82, 2.24) is 4.90 Å². The van der Waals surface area contributed by atoms with Crippen LogP contribution in [-0.4, -0.2) is 50.6 Å². The van der Waals surface area contributed by atoms with Gasteiger partial charge in [-0.05, 0) is 49.2 Å². The molecule has 0 spiro atoms. The number of carbonyl (C=O) groups is 1. The molecule has 0 N–H and O–H groups in total. The maximum atomic E-state index is 13.4. The molecule has 14 heteroatoms. The van der Waals surface area contributed by atoms with Crippen molar-refractivity contribution in [2.75, 3.05) is 6.61 Å². The van der Waals surface area contributed by atoms with Gasteiger partial charge in [0.05, 0.1) is 17.6 Å². The second-order valence-corrected chi connectivity index (χ2v) is 16.3. The molecule has 1 aliphatic heterocycles. The molecular formula is C21H29F3N2O7SSi. The van der Waals surface area contributed by atoms with Gasteiger partial charge in [0, 0.05) is 18.7 Å². The van der Waals surface area contributed by atoms with Crippen LogP contribution >= 0.6 is 0 Å². The van der Waals surface area contributed by atoms with Crippen molar-refractivity contribution in [3.05, 3.63) is 50.9 Å². The molecule has 0 fully saturated rings. The molecule has 1 aromatic rings. The molecule has 0 bridgehead atoms. The number of benzene rings is 1. The number of amides is 1. The van der Waals surface area contributed by atoms with Crippen LogP contribution in [0.3, 0.4) is 0 Å². The van der Waals surface area contributed by atoms with Crippen LogP contribution < -0.4 is 0 Å². The Balaban J connectivity index is 2.49. The highest BCUT2D eigenvalue weighted by molar-refractivity contribution is 7.87. The monoisotopic (exact) mass is 538 g/mol. The van der Waals surface area contributed by atoms with Crippen LogP contribution in [0.4, 0.5) is 18.9 Å². The van der Waals surface area contributed by atoms with E-state index < -0.39 is 52.3 Å². The first-order valence-corrected chi connectivity index (χ1v) is 14.9. The van der Waals surface area contributed by atoms with E-state index in [1.54, 1.807) is 13.8 Å². The highest BCUT2D eigenvalue weighted by atomic mass is 32.2. The molecule has 1 aliphatic rings. The van der Waals surface area contributed by atoms with Gasteiger partial charge in [0.2, 0.25) is 0 Å². The first-order valence-electron chi connectivity index (χ1n) is 10.6. The molecule has 1 atom stereocenters. The average Bonchev–Trinajstić information content (AvgIpc) is 3.07. The van der Waals surface area contributed by atoms with Crippen LogP contribution in [0.15, 0.2) is 24.1 Å². The number of aryl methyl sites for hydroxylation is 2. The summed E-state index contributed by atoms with van der Waals surface area (Å²) in [6, 6.07) is 1.62. The standard InChI is InChI=1S/C21H29F3N2O7SSi/c1-13-8-17(18(26(28)29)9-14(13)2)19(27)25-11-16(33-34(30,31)21(22,23)24)10-15(25)12-32-35(6,7)20(3,4)5/h8-9,11,15H,10,12H2,1-7H3/t15-/m0/s1. The predicted molar refractivity (Wildman–Crippen MR) is 124 cm³/mol. The lowest BCUT2D eigenvalue weighted by molar-refractivity contribution is -0.385. The summed E-state index contributed by atoms with van der Waals surface area (Å²) in [7, 11) is -8.33. The molecule has 9 nitrogen and oxygen atoms in total. The first kappa shape index (κ1) is 28.8. The van der Waals surface area contributed by atoms with E-state index in [2.05, 4.69) is 4.18 Å². The van der Waals surface area contributed by atoms with E-state index in [0.717, 1.165) is 11.1 Å². The fourth-order valence-electron chi connectivity index (χ4n) is 3.03. The number of halogens is 3. The van der Waals surface area contributed by atoms with E-state index in [4.69, 9.17) is 4.43 Å². The SMILES string of the molecule is Cc1cc(C(=O)N2C=C(OS(=O)(=O)C(F)(F)F)C[C@H]2CO[Si](C)(C)C(C)(C)C)c([N+](=O)[O-])cc1C. The number of nitro groups is 1. The molecule has 0 aliphatic carbocycles. The second-order valence-electron chi connectivity index (χ2n) is 9.93. The van der Waals surface area contributed by atoms with Crippen LogP contribution in [0.5, 0.6) is 0 Å². The quantitative estimate of drug-likeness (QED) is 0.155. The van der Waals surface area contributed by atoms with Crippen LogP contribution in [0.2, 0.25) is 18.1 Å². The molecule has 1 amide bonds. The lowest BCUT2D eigenvalue weighted by Gasteiger charge is -2.37. The minimum atomic E-state index is -5.97. The van der Waals surface area contributed by atoms with E-state index >= 15 is 0 Å². The van der Waals surface area contributed by atoms with Crippen molar-refractivity contribution in [2.24, 2.45) is 0 Å². The molecule has 0 saturated heterocycles. The minimum absolute atomic E-state index is 0.129. The Bertz CT molecular complexity index is 1160. The van der Waals surface area contributed by atoms with E-state index in [9.17, 15) is 36.5 Å². The van der Waals surface area contributed by atoms with Crippen molar-refractivity contribution in [1.29, 1.82) is 0 Å². The number of alkyl halides is 3. The van der Waals surface area contributed by atoms with Crippen molar-refractivity contribution >= 4 is 30.0 Å². The van der Waals surface area contributed by atoms with E-state index in [-0.39, 0.29) is 23.6 Å². The van der Waals surface area contributed by atoms with Gasteiger partial charge in [-0.3, -0.25) is 14.9 Å². The number of hydrogen-bond acceptors (Lipinski definition) is 7. The number of nitro benzene ring substituents is 1. The van der Waals surface area contributed by atoms with Gasteiger partial charge in [-0.1, -0.05) is 20.8 Å². The van der Waals surface area contributed by atoms with Crippen LogP contribution in [0, 0.1) is 24.0 Å². The Hall–Kier alpha value is -2.45. The second kappa shape index (κ2) is 9.54. The van der Waals surface area contributed by atoms with Gasteiger partial charge in [-0.15, -0.1) is 0 Å². The van der Waals surface area contributed by atoms with E-state index in [1.807, 2.05) is 33.9 Å². The van der Waals surface area contributed by atoms with Gasteiger partial charge in [0.1, 0.15) is 11.3 Å². The van der Waals surface area contributed by atoms with Crippen LogP contribution in [0.25, 0.3) is 0 Å². The minimum Gasteiger partial charge on any atom is -0.415 e. The maximum absolute atomic E-state index is 13.4. The van der Waals surface area contributed by atoms with Crippen molar-refractivity contribution in [3.63, 3.8) is 0 Å². The summed E-state index contributed by atoms with van der Waals surface area (Å²) in [6.45, 7) is 12.9. The lowest BCUT2D eigenvalue weighted by atomic mass is 10.0. The highest BCUT2D eigenvalue weighted by Crippen LogP contribution is 2.38. The maximum Gasteiger partial charge on any atom is 0.534 e. The number of nitrogens with zero attached hydrogens (tertiary/aromatic N) is 2. The fraction of sp³-hybridized carbons (Fsp3) is 0.571.